The summed E-state index contributed by atoms with van der Waals surface area (Å²) in [6.07, 6.45) is 0. The van der Waals surface area contributed by atoms with E-state index in [1.807, 2.05) is 11.3 Å². The van der Waals surface area contributed by atoms with Gasteiger partial charge in [0.2, 0.25) is 0 Å². The molecular formula is C57H36N2S. The molecule has 2 nitrogen and oxygen atoms in total. The molecular weight excluding hydrogens is 745 g/mol. The molecule has 0 spiro atoms. The molecule has 0 bridgehead atoms. The van der Waals surface area contributed by atoms with Crippen LogP contribution in [-0.2, 0) is 5.41 Å². The maximum Gasteiger partial charge on any atom is 0.161 e. The Balaban J connectivity index is 1.10. The third-order valence-corrected chi connectivity index (χ3v) is 13.6. The summed E-state index contributed by atoms with van der Waals surface area (Å²) in [4.78, 5) is 11.0. The fraction of sp³-hybridized carbons (Fsp3) is 0.0175. The number of fused-ring (bicyclic) bond motifs is 7. The molecule has 0 amide bonds. The highest BCUT2D eigenvalue weighted by Gasteiger charge is 2.47. The van der Waals surface area contributed by atoms with Gasteiger partial charge >= 0.3 is 0 Å². The van der Waals surface area contributed by atoms with Crippen molar-refractivity contribution in [2.24, 2.45) is 0 Å². The van der Waals surface area contributed by atoms with Crippen molar-refractivity contribution >= 4 is 42.3 Å². The van der Waals surface area contributed by atoms with Crippen LogP contribution in [-0.4, -0.2) is 9.97 Å². The highest BCUT2D eigenvalue weighted by atomic mass is 32.1. The molecule has 1 aliphatic carbocycles. The summed E-state index contributed by atoms with van der Waals surface area (Å²) in [6.45, 7) is 0. The van der Waals surface area contributed by atoms with E-state index in [4.69, 9.17) is 9.97 Å². The van der Waals surface area contributed by atoms with Crippen LogP contribution in [0.4, 0.5) is 0 Å². The average molecular weight is 781 g/mol. The van der Waals surface area contributed by atoms with Gasteiger partial charge in [0.1, 0.15) is 0 Å². The molecule has 0 unspecified atom stereocenters. The van der Waals surface area contributed by atoms with Crippen molar-refractivity contribution in [3.05, 3.63) is 241 Å². The number of benzene rings is 9. The lowest BCUT2D eigenvalue weighted by Crippen LogP contribution is -2.29. The largest absolute Gasteiger partial charge is 0.228 e. The SMILES string of the molecule is c1ccc(C2(c3ccccc3)c3ccccc3-c3cccc(-c4cc(-c5ccc(-c6cccc7c6sc6ccccc67)cc5)nc(-c5cccc6ccccc56)n4)c32)cc1. The summed E-state index contributed by atoms with van der Waals surface area (Å²) < 4.78 is 2.62. The quantitative estimate of drug-likeness (QED) is 0.168. The van der Waals surface area contributed by atoms with Crippen LogP contribution in [0.15, 0.2) is 218 Å². The highest BCUT2D eigenvalue weighted by Crippen LogP contribution is 2.58. The fourth-order valence-corrected chi connectivity index (χ4v) is 11.0. The first-order valence-electron chi connectivity index (χ1n) is 20.5. The number of nitrogens with zero attached hydrogens (tertiary/aromatic N) is 2. The monoisotopic (exact) mass is 780 g/mol. The number of aromatic nitrogens is 2. The Kier molecular flexibility index (Phi) is 7.97. The average Bonchev–Trinajstić information content (AvgIpc) is 3.86. The Bertz CT molecular complexity index is 3380. The maximum absolute atomic E-state index is 5.55. The number of hydrogen-bond acceptors (Lipinski definition) is 3. The van der Waals surface area contributed by atoms with E-state index in [1.54, 1.807) is 0 Å². The van der Waals surface area contributed by atoms with Gasteiger partial charge in [0.05, 0.1) is 16.8 Å². The van der Waals surface area contributed by atoms with E-state index in [9.17, 15) is 0 Å². The van der Waals surface area contributed by atoms with Crippen LogP contribution in [0.25, 0.3) is 87.1 Å². The minimum absolute atomic E-state index is 0.578. The molecule has 280 valence electrons. The second kappa shape index (κ2) is 13.8. The zero-order valence-electron chi connectivity index (χ0n) is 32.6. The van der Waals surface area contributed by atoms with Gasteiger partial charge in [0.25, 0.3) is 0 Å². The standard InChI is InChI=1S/C57H36N2S/c1-3-18-40(19-4-1)57(41-20-5-2-6-21-41)50-30-11-9-23-44(50)46-26-15-29-49(54(46)57)52-36-51(58-56(59-52)48-28-13-17-37-16-7-8-22-42(37)48)39-34-32-38(33-35-39)43-25-14-27-47-45-24-10-12-31-53(45)60-55(43)47/h1-36H. The molecule has 11 aromatic rings. The minimum atomic E-state index is -0.578. The van der Waals surface area contributed by atoms with E-state index in [2.05, 4.69) is 218 Å². The van der Waals surface area contributed by atoms with E-state index < -0.39 is 5.41 Å². The minimum Gasteiger partial charge on any atom is -0.228 e. The lowest BCUT2D eigenvalue weighted by atomic mass is 9.66. The molecule has 0 N–H and O–H groups in total. The summed E-state index contributed by atoms with van der Waals surface area (Å²) in [5.74, 6) is 0.705. The van der Waals surface area contributed by atoms with Crippen LogP contribution in [0.5, 0.6) is 0 Å². The topological polar surface area (TPSA) is 25.8 Å². The van der Waals surface area contributed by atoms with Gasteiger partial charge in [-0.2, -0.15) is 0 Å². The van der Waals surface area contributed by atoms with Crippen LogP contribution < -0.4 is 0 Å². The van der Waals surface area contributed by atoms with Crippen LogP contribution in [0.2, 0.25) is 0 Å². The molecule has 2 heterocycles. The van der Waals surface area contributed by atoms with Crippen LogP contribution in [0.3, 0.4) is 0 Å². The Morgan fingerprint density at radius 3 is 1.73 bits per heavy atom. The first-order chi connectivity index (χ1) is 29.8. The van der Waals surface area contributed by atoms with Gasteiger partial charge in [-0.25, -0.2) is 9.97 Å². The number of thiophene rings is 1. The van der Waals surface area contributed by atoms with E-state index in [0.717, 1.165) is 38.9 Å². The summed E-state index contributed by atoms with van der Waals surface area (Å²) in [5, 5.41) is 4.90. The first kappa shape index (κ1) is 34.6. The van der Waals surface area contributed by atoms with Crippen LogP contribution in [0.1, 0.15) is 22.3 Å². The summed E-state index contributed by atoms with van der Waals surface area (Å²) in [5.41, 5.74) is 14.2. The Hall–Kier alpha value is -7.46. The summed E-state index contributed by atoms with van der Waals surface area (Å²) in [6, 6.07) is 79.1. The van der Waals surface area contributed by atoms with Crippen molar-refractivity contribution in [3.8, 4) is 56.2 Å². The summed E-state index contributed by atoms with van der Waals surface area (Å²) >= 11 is 1.86. The molecule has 0 radical (unpaired) electrons. The zero-order valence-corrected chi connectivity index (χ0v) is 33.4. The molecule has 0 fully saturated rings. The molecule has 2 aromatic heterocycles. The van der Waals surface area contributed by atoms with Crippen molar-refractivity contribution in [2.45, 2.75) is 5.41 Å². The molecule has 0 saturated carbocycles. The Labute approximate surface area is 352 Å². The molecule has 0 aliphatic heterocycles. The van der Waals surface area contributed by atoms with Crippen LogP contribution in [0, 0.1) is 0 Å². The lowest BCUT2D eigenvalue weighted by molar-refractivity contribution is 0.769. The number of hydrogen-bond donors (Lipinski definition) is 0. The predicted molar refractivity (Wildman–Crippen MR) is 251 cm³/mol. The Morgan fingerprint density at radius 2 is 0.917 bits per heavy atom. The molecule has 1 aliphatic rings. The van der Waals surface area contributed by atoms with Gasteiger partial charge in [0.15, 0.2) is 5.82 Å². The van der Waals surface area contributed by atoms with Crippen molar-refractivity contribution in [1.29, 1.82) is 0 Å². The maximum atomic E-state index is 5.55. The smallest absolute Gasteiger partial charge is 0.161 e. The van der Waals surface area contributed by atoms with Crippen molar-refractivity contribution in [2.75, 3.05) is 0 Å². The van der Waals surface area contributed by atoms with E-state index in [1.165, 1.54) is 64.7 Å². The third kappa shape index (κ3) is 5.26. The molecule has 3 heteroatoms. The van der Waals surface area contributed by atoms with Gasteiger partial charge in [-0.15, -0.1) is 11.3 Å². The van der Waals surface area contributed by atoms with Gasteiger partial charge < -0.3 is 0 Å². The third-order valence-electron chi connectivity index (χ3n) is 12.4. The van der Waals surface area contributed by atoms with E-state index in [-0.39, 0.29) is 0 Å². The van der Waals surface area contributed by atoms with E-state index in [0.29, 0.717) is 5.82 Å². The molecule has 0 atom stereocenters. The zero-order chi connectivity index (χ0) is 39.6. The molecule has 60 heavy (non-hydrogen) atoms. The molecule has 0 saturated heterocycles. The van der Waals surface area contributed by atoms with Crippen molar-refractivity contribution in [3.63, 3.8) is 0 Å². The van der Waals surface area contributed by atoms with Crippen molar-refractivity contribution < 1.29 is 0 Å². The van der Waals surface area contributed by atoms with Gasteiger partial charge in [-0.1, -0.05) is 206 Å². The van der Waals surface area contributed by atoms with Gasteiger partial charge in [0, 0.05) is 36.9 Å². The highest BCUT2D eigenvalue weighted by molar-refractivity contribution is 7.26. The normalized spacial score (nSPS) is 12.8. The summed E-state index contributed by atoms with van der Waals surface area (Å²) in [7, 11) is 0. The Morgan fingerprint density at radius 1 is 0.367 bits per heavy atom. The second-order valence-corrected chi connectivity index (χ2v) is 16.7. The second-order valence-electron chi connectivity index (χ2n) is 15.6. The van der Waals surface area contributed by atoms with Crippen molar-refractivity contribution in [1.82, 2.24) is 9.97 Å². The fourth-order valence-electron chi connectivity index (χ4n) is 9.79. The molecule has 9 aromatic carbocycles. The van der Waals surface area contributed by atoms with Crippen LogP contribution >= 0.6 is 11.3 Å². The predicted octanol–water partition coefficient (Wildman–Crippen LogP) is 15.0. The van der Waals surface area contributed by atoms with Gasteiger partial charge in [-0.05, 0) is 67.4 Å². The molecule has 12 rings (SSSR count). The number of rotatable bonds is 6. The first-order valence-corrected chi connectivity index (χ1v) is 21.3. The van der Waals surface area contributed by atoms with Gasteiger partial charge in [-0.3, -0.25) is 0 Å². The van der Waals surface area contributed by atoms with E-state index >= 15 is 0 Å². The lowest BCUT2D eigenvalue weighted by Gasteiger charge is -2.35.